The molecule has 3 N–H and O–H groups in total. The standard InChI is InChI=1S/C22H24N4O2/c23-14-16-5-7-17(8-6-16)22(28)26-11-9-25(10-12-26)21(27)13-18-15-24-20-4-2-1-3-19(18)20/h1-8,15,24H,9-14,23H2. The summed E-state index contributed by atoms with van der Waals surface area (Å²) in [6.45, 7) is 2.70. The number of amides is 2. The Kier molecular flexibility index (Phi) is 5.12. The minimum Gasteiger partial charge on any atom is -0.361 e. The molecule has 0 atom stereocenters. The number of benzene rings is 2. The number of aromatic amines is 1. The van der Waals surface area contributed by atoms with Crippen LogP contribution in [0.1, 0.15) is 21.5 Å². The third kappa shape index (κ3) is 3.64. The zero-order valence-corrected chi connectivity index (χ0v) is 15.7. The van der Waals surface area contributed by atoms with Gasteiger partial charge in [-0.25, -0.2) is 0 Å². The Morgan fingerprint density at radius 1 is 0.929 bits per heavy atom. The zero-order chi connectivity index (χ0) is 19.5. The first-order valence-corrected chi connectivity index (χ1v) is 9.57. The van der Waals surface area contributed by atoms with Crippen LogP contribution in [0.2, 0.25) is 0 Å². The first kappa shape index (κ1) is 18.3. The summed E-state index contributed by atoms with van der Waals surface area (Å²) in [5, 5.41) is 1.09. The van der Waals surface area contributed by atoms with Gasteiger partial charge in [0.15, 0.2) is 0 Å². The highest BCUT2D eigenvalue weighted by Crippen LogP contribution is 2.19. The fourth-order valence-electron chi connectivity index (χ4n) is 3.68. The monoisotopic (exact) mass is 376 g/mol. The summed E-state index contributed by atoms with van der Waals surface area (Å²) in [7, 11) is 0. The van der Waals surface area contributed by atoms with Crippen molar-refractivity contribution in [3.63, 3.8) is 0 Å². The Morgan fingerprint density at radius 2 is 1.61 bits per heavy atom. The number of piperazine rings is 1. The molecule has 0 aliphatic carbocycles. The molecule has 0 saturated carbocycles. The van der Waals surface area contributed by atoms with E-state index in [1.165, 1.54) is 0 Å². The average molecular weight is 376 g/mol. The number of rotatable bonds is 4. The summed E-state index contributed by atoms with van der Waals surface area (Å²) in [6.07, 6.45) is 2.28. The van der Waals surface area contributed by atoms with E-state index in [2.05, 4.69) is 4.98 Å². The Hall–Kier alpha value is -3.12. The summed E-state index contributed by atoms with van der Waals surface area (Å²) in [6, 6.07) is 15.4. The molecule has 0 spiro atoms. The number of aromatic nitrogens is 1. The van der Waals surface area contributed by atoms with Crippen LogP contribution in [0.25, 0.3) is 10.9 Å². The smallest absolute Gasteiger partial charge is 0.253 e. The van der Waals surface area contributed by atoms with E-state index in [9.17, 15) is 9.59 Å². The summed E-state index contributed by atoms with van der Waals surface area (Å²) in [4.78, 5) is 32.3. The summed E-state index contributed by atoms with van der Waals surface area (Å²) < 4.78 is 0. The zero-order valence-electron chi connectivity index (χ0n) is 15.7. The summed E-state index contributed by atoms with van der Waals surface area (Å²) in [5.41, 5.74) is 9.33. The fourth-order valence-corrected chi connectivity index (χ4v) is 3.68. The van der Waals surface area contributed by atoms with Gasteiger partial charge in [-0.1, -0.05) is 30.3 Å². The van der Waals surface area contributed by atoms with Crippen LogP contribution in [0.15, 0.2) is 54.7 Å². The molecule has 1 aromatic heterocycles. The molecule has 2 heterocycles. The van der Waals surface area contributed by atoms with E-state index < -0.39 is 0 Å². The Labute approximate surface area is 163 Å². The third-order valence-electron chi connectivity index (χ3n) is 5.37. The predicted molar refractivity (Wildman–Crippen MR) is 109 cm³/mol. The molecule has 0 bridgehead atoms. The number of carbonyl (C=O) groups is 2. The maximum atomic E-state index is 12.7. The van der Waals surface area contributed by atoms with Crippen LogP contribution in [-0.4, -0.2) is 52.8 Å². The van der Waals surface area contributed by atoms with E-state index in [0.717, 1.165) is 22.0 Å². The second kappa shape index (κ2) is 7.86. The van der Waals surface area contributed by atoms with Crippen LogP contribution >= 0.6 is 0 Å². The van der Waals surface area contributed by atoms with Gasteiger partial charge in [0.2, 0.25) is 5.91 Å². The van der Waals surface area contributed by atoms with Crippen LogP contribution in [0.5, 0.6) is 0 Å². The SMILES string of the molecule is NCc1ccc(C(=O)N2CCN(C(=O)Cc3c[nH]c4ccccc34)CC2)cc1. The molecule has 4 rings (SSSR count). The molecule has 28 heavy (non-hydrogen) atoms. The summed E-state index contributed by atoms with van der Waals surface area (Å²) in [5.74, 6) is 0.108. The molecule has 1 aliphatic heterocycles. The molecule has 3 aromatic rings. The molecule has 0 radical (unpaired) electrons. The van der Waals surface area contributed by atoms with Gasteiger partial charge in [-0.15, -0.1) is 0 Å². The molecular weight excluding hydrogens is 352 g/mol. The maximum absolute atomic E-state index is 12.7. The number of hydrogen-bond donors (Lipinski definition) is 2. The number of para-hydroxylation sites is 1. The molecular formula is C22H24N4O2. The number of fused-ring (bicyclic) bond motifs is 1. The number of H-pyrrole nitrogens is 1. The van der Waals surface area contributed by atoms with E-state index in [0.29, 0.717) is 44.7 Å². The van der Waals surface area contributed by atoms with E-state index in [1.807, 2.05) is 64.5 Å². The second-order valence-corrected chi connectivity index (χ2v) is 7.11. The highest BCUT2D eigenvalue weighted by atomic mass is 16.2. The largest absolute Gasteiger partial charge is 0.361 e. The van der Waals surface area contributed by atoms with Crippen molar-refractivity contribution in [2.45, 2.75) is 13.0 Å². The molecule has 6 nitrogen and oxygen atoms in total. The topological polar surface area (TPSA) is 82.4 Å². The lowest BCUT2D eigenvalue weighted by atomic mass is 10.1. The van der Waals surface area contributed by atoms with Crippen LogP contribution in [0, 0.1) is 0 Å². The average Bonchev–Trinajstić information content (AvgIpc) is 3.16. The predicted octanol–water partition coefficient (Wildman–Crippen LogP) is 2.15. The van der Waals surface area contributed by atoms with E-state index in [1.54, 1.807) is 0 Å². The van der Waals surface area contributed by atoms with E-state index in [-0.39, 0.29) is 11.8 Å². The molecule has 1 aliphatic rings. The van der Waals surface area contributed by atoms with Gasteiger partial charge in [-0.2, -0.15) is 0 Å². The minimum atomic E-state index is 0.00676. The first-order valence-electron chi connectivity index (χ1n) is 9.57. The van der Waals surface area contributed by atoms with Gasteiger partial charge in [0.1, 0.15) is 0 Å². The van der Waals surface area contributed by atoms with Gasteiger partial charge in [-0.3, -0.25) is 9.59 Å². The molecule has 1 fully saturated rings. The highest BCUT2D eigenvalue weighted by Gasteiger charge is 2.25. The Balaban J connectivity index is 1.35. The highest BCUT2D eigenvalue weighted by molar-refractivity contribution is 5.94. The molecule has 2 amide bonds. The van der Waals surface area contributed by atoms with Gasteiger partial charge in [0, 0.05) is 55.4 Å². The van der Waals surface area contributed by atoms with Crippen molar-refractivity contribution in [2.24, 2.45) is 5.73 Å². The van der Waals surface area contributed by atoms with Crippen LogP contribution in [-0.2, 0) is 17.8 Å². The van der Waals surface area contributed by atoms with Gasteiger partial charge in [-0.05, 0) is 29.3 Å². The van der Waals surface area contributed by atoms with Crippen LogP contribution in [0.4, 0.5) is 0 Å². The molecule has 1 saturated heterocycles. The molecule has 6 heteroatoms. The van der Waals surface area contributed by atoms with Crippen LogP contribution < -0.4 is 5.73 Å². The number of nitrogens with zero attached hydrogens (tertiary/aromatic N) is 2. The molecule has 0 unspecified atom stereocenters. The van der Waals surface area contributed by atoms with Crippen molar-refractivity contribution in [1.82, 2.24) is 14.8 Å². The van der Waals surface area contributed by atoms with Gasteiger partial charge in [0.05, 0.1) is 6.42 Å². The fraction of sp³-hybridized carbons (Fsp3) is 0.273. The Bertz CT molecular complexity index is 985. The van der Waals surface area contributed by atoms with Gasteiger partial charge >= 0.3 is 0 Å². The van der Waals surface area contributed by atoms with Crippen molar-refractivity contribution < 1.29 is 9.59 Å². The normalized spacial score (nSPS) is 14.5. The summed E-state index contributed by atoms with van der Waals surface area (Å²) >= 11 is 0. The molecule has 2 aromatic carbocycles. The van der Waals surface area contributed by atoms with E-state index in [4.69, 9.17) is 5.73 Å². The lowest BCUT2D eigenvalue weighted by molar-refractivity contribution is -0.131. The second-order valence-electron chi connectivity index (χ2n) is 7.11. The Morgan fingerprint density at radius 3 is 2.32 bits per heavy atom. The number of nitrogens with one attached hydrogen (secondary N) is 1. The quantitative estimate of drug-likeness (QED) is 0.732. The van der Waals surface area contributed by atoms with Crippen molar-refractivity contribution in [1.29, 1.82) is 0 Å². The molecule has 144 valence electrons. The number of nitrogens with two attached hydrogens (primary N) is 1. The van der Waals surface area contributed by atoms with Crippen molar-refractivity contribution in [3.05, 3.63) is 71.4 Å². The van der Waals surface area contributed by atoms with Crippen molar-refractivity contribution in [3.8, 4) is 0 Å². The van der Waals surface area contributed by atoms with Crippen molar-refractivity contribution in [2.75, 3.05) is 26.2 Å². The third-order valence-corrected chi connectivity index (χ3v) is 5.37. The number of carbonyl (C=O) groups excluding carboxylic acids is 2. The van der Waals surface area contributed by atoms with Gasteiger partial charge < -0.3 is 20.5 Å². The first-order chi connectivity index (χ1) is 13.7. The van der Waals surface area contributed by atoms with Gasteiger partial charge in [0.25, 0.3) is 5.91 Å². The lowest BCUT2D eigenvalue weighted by Gasteiger charge is -2.35. The van der Waals surface area contributed by atoms with Crippen LogP contribution in [0.3, 0.4) is 0 Å². The maximum Gasteiger partial charge on any atom is 0.253 e. The minimum absolute atomic E-state index is 0.00676. The van der Waals surface area contributed by atoms with E-state index >= 15 is 0 Å². The lowest BCUT2D eigenvalue weighted by Crippen LogP contribution is -2.51. The van der Waals surface area contributed by atoms with Crippen molar-refractivity contribution >= 4 is 22.7 Å². The number of hydrogen-bond acceptors (Lipinski definition) is 3.